The second kappa shape index (κ2) is 9.05. The molecule has 0 spiro atoms. The van der Waals surface area contributed by atoms with Crippen LogP contribution in [0.5, 0.6) is 0 Å². The van der Waals surface area contributed by atoms with E-state index in [1.54, 1.807) is 4.90 Å². The van der Waals surface area contributed by atoms with Crippen LogP contribution in [0.2, 0.25) is 5.02 Å². The maximum atomic E-state index is 13.3. The Morgan fingerprint density at radius 2 is 1.64 bits per heavy atom. The van der Waals surface area contributed by atoms with Gasteiger partial charge in [0.25, 0.3) is 0 Å². The molecule has 0 aliphatic carbocycles. The molecule has 1 unspecified atom stereocenters. The molecule has 0 aliphatic rings. The number of nitrogens with two attached hydrogens (primary N) is 1. The third kappa shape index (κ3) is 4.61. The van der Waals surface area contributed by atoms with Crippen LogP contribution in [0.4, 0.5) is 5.69 Å². The SMILES string of the molecule is Cc1ccc(N(CCc2ccccc2Cl)C(=O)C(N)c2ccccc2)cc1C. The first-order chi connectivity index (χ1) is 13.5. The molecule has 0 radical (unpaired) electrons. The normalized spacial score (nSPS) is 11.9. The minimum absolute atomic E-state index is 0.124. The zero-order chi connectivity index (χ0) is 20.1. The van der Waals surface area contributed by atoms with Crippen molar-refractivity contribution in [2.75, 3.05) is 11.4 Å². The Morgan fingerprint density at radius 1 is 0.964 bits per heavy atom. The van der Waals surface area contributed by atoms with Crippen LogP contribution in [0.1, 0.15) is 28.3 Å². The van der Waals surface area contributed by atoms with Gasteiger partial charge in [-0.2, -0.15) is 0 Å². The summed E-state index contributed by atoms with van der Waals surface area (Å²) in [6.45, 7) is 4.61. The molecule has 0 saturated heterocycles. The van der Waals surface area contributed by atoms with Gasteiger partial charge in [-0.05, 0) is 60.7 Å². The number of benzene rings is 3. The van der Waals surface area contributed by atoms with E-state index in [4.69, 9.17) is 17.3 Å². The van der Waals surface area contributed by atoms with E-state index in [0.29, 0.717) is 18.0 Å². The van der Waals surface area contributed by atoms with Crippen molar-refractivity contribution in [3.8, 4) is 0 Å². The molecule has 0 heterocycles. The summed E-state index contributed by atoms with van der Waals surface area (Å²) in [4.78, 5) is 15.1. The van der Waals surface area contributed by atoms with Gasteiger partial charge in [0.05, 0.1) is 0 Å². The first kappa shape index (κ1) is 20.1. The van der Waals surface area contributed by atoms with E-state index < -0.39 is 6.04 Å². The number of carbonyl (C=O) groups is 1. The van der Waals surface area contributed by atoms with E-state index in [1.165, 1.54) is 5.56 Å². The minimum Gasteiger partial charge on any atom is -0.316 e. The number of amides is 1. The maximum Gasteiger partial charge on any atom is 0.248 e. The van der Waals surface area contributed by atoms with Gasteiger partial charge in [-0.15, -0.1) is 0 Å². The largest absolute Gasteiger partial charge is 0.316 e. The van der Waals surface area contributed by atoms with Crippen LogP contribution >= 0.6 is 11.6 Å². The Balaban J connectivity index is 1.90. The summed E-state index contributed by atoms with van der Waals surface area (Å²) in [5.41, 5.74) is 11.3. The number of halogens is 1. The van der Waals surface area contributed by atoms with Crippen molar-refractivity contribution >= 4 is 23.2 Å². The number of anilines is 1. The summed E-state index contributed by atoms with van der Waals surface area (Å²) < 4.78 is 0. The quantitative estimate of drug-likeness (QED) is 0.624. The van der Waals surface area contributed by atoms with Crippen LogP contribution < -0.4 is 10.6 Å². The lowest BCUT2D eigenvalue weighted by atomic mass is 10.0. The predicted molar refractivity (Wildman–Crippen MR) is 117 cm³/mol. The first-order valence-corrected chi connectivity index (χ1v) is 9.77. The molecule has 0 aliphatic heterocycles. The molecule has 144 valence electrons. The third-order valence-electron chi connectivity index (χ3n) is 5.06. The molecule has 4 heteroatoms. The number of hydrogen-bond acceptors (Lipinski definition) is 2. The monoisotopic (exact) mass is 392 g/mol. The highest BCUT2D eigenvalue weighted by atomic mass is 35.5. The van der Waals surface area contributed by atoms with Gasteiger partial charge in [0, 0.05) is 17.3 Å². The lowest BCUT2D eigenvalue weighted by Crippen LogP contribution is -2.40. The van der Waals surface area contributed by atoms with Gasteiger partial charge in [0.1, 0.15) is 6.04 Å². The van der Waals surface area contributed by atoms with E-state index >= 15 is 0 Å². The van der Waals surface area contributed by atoms with Gasteiger partial charge in [0.15, 0.2) is 0 Å². The van der Waals surface area contributed by atoms with E-state index in [9.17, 15) is 4.79 Å². The lowest BCUT2D eigenvalue weighted by molar-refractivity contribution is -0.120. The molecule has 3 aromatic carbocycles. The zero-order valence-corrected chi connectivity index (χ0v) is 17.0. The highest BCUT2D eigenvalue weighted by Gasteiger charge is 2.24. The fourth-order valence-corrected chi connectivity index (χ4v) is 3.39. The summed E-state index contributed by atoms with van der Waals surface area (Å²) in [5, 5.41) is 0.711. The van der Waals surface area contributed by atoms with Crippen molar-refractivity contribution in [3.63, 3.8) is 0 Å². The Morgan fingerprint density at radius 3 is 2.32 bits per heavy atom. The second-order valence-corrected chi connectivity index (χ2v) is 7.40. The van der Waals surface area contributed by atoms with Gasteiger partial charge >= 0.3 is 0 Å². The first-order valence-electron chi connectivity index (χ1n) is 9.40. The summed E-state index contributed by atoms with van der Waals surface area (Å²) >= 11 is 6.31. The molecule has 0 bridgehead atoms. The van der Waals surface area contributed by atoms with Crippen molar-refractivity contribution in [2.24, 2.45) is 5.73 Å². The fourth-order valence-electron chi connectivity index (χ4n) is 3.16. The van der Waals surface area contributed by atoms with E-state index in [1.807, 2.05) is 79.7 Å². The number of hydrogen-bond donors (Lipinski definition) is 1. The van der Waals surface area contributed by atoms with Crippen molar-refractivity contribution in [3.05, 3.63) is 100 Å². The van der Waals surface area contributed by atoms with Crippen LogP contribution in [-0.4, -0.2) is 12.5 Å². The molecule has 1 atom stereocenters. The van der Waals surface area contributed by atoms with E-state index in [2.05, 4.69) is 6.92 Å². The Bertz CT molecular complexity index is 956. The van der Waals surface area contributed by atoms with Gasteiger partial charge in [-0.1, -0.05) is 66.2 Å². The average molecular weight is 393 g/mol. The molecule has 0 fully saturated rings. The number of rotatable bonds is 6. The topological polar surface area (TPSA) is 46.3 Å². The van der Waals surface area contributed by atoms with Crippen molar-refractivity contribution in [1.82, 2.24) is 0 Å². The molecule has 1 amide bonds. The summed E-state index contributed by atoms with van der Waals surface area (Å²) in [6, 6.07) is 22.5. The highest BCUT2D eigenvalue weighted by molar-refractivity contribution is 6.31. The van der Waals surface area contributed by atoms with Gasteiger partial charge in [-0.25, -0.2) is 0 Å². The highest BCUT2D eigenvalue weighted by Crippen LogP contribution is 2.24. The fraction of sp³-hybridized carbons (Fsp3) is 0.208. The summed E-state index contributed by atoms with van der Waals surface area (Å²) in [7, 11) is 0. The lowest BCUT2D eigenvalue weighted by Gasteiger charge is -2.27. The van der Waals surface area contributed by atoms with Crippen molar-refractivity contribution in [1.29, 1.82) is 0 Å². The number of carbonyl (C=O) groups excluding carboxylic acids is 1. The number of nitrogens with zero attached hydrogens (tertiary/aromatic N) is 1. The zero-order valence-electron chi connectivity index (χ0n) is 16.2. The average Bonchev–Trinajstić information content (AvgIpc) is 2.72. The van der Waals surface area contributed by atoms with Crippen LogP contribution in [0.25, 0.3) is 0 Å². The van der Waals surface area contributed by atoms with Gasteiger partial charge in [0.2, 0.25) is 5.91 Å². The molecule has 3 aromatic rings. The molecule has 3 rings (SSSR count). The van der Waals surface area contributed by atoms with Gasteiger partial charge in [-0.3, -0.25) is 4.79 Å². The maximum absolute atomic E-state index is 13.3. The van der Waals surface area contributed by atoms with Crippen LogP contribution in [0.15, 0.2) is 72.8 Å². The van der Waals surface area contributed by atoms with Gasteiger partial charge < -0.3 is 10.6 Å². The third-order valence-corrected chi connectivity index (χ3v) is 5.42. The van der Waals surface area contributed by atoms with Crippen LogP contribution in [0.3, 0.4) is 0 Å². The smallest absolute Gasteiger partial charge is 0.248 e. The standard InChI is InChI=1S/C24H25ClN2O/c1-17-12-13-21(16-18(17)2)27(15-14-19-8-6-7-11-22(19)25)24(28)23(26)20-9-4-3-5-10-20/h3-13,16,23H,14-15,26H2,1-2H3. The van der Waals surface area contributed by atoms with E-state index in [-0.39, 0.29) is 5.91 Å². The van der Waals surface area contributed by atoms with Crippen molar-refractivity contribution in [2.45, 2.75) is 26.3 Å². The second-order valence-electron chi connectivity index (χ2n) is 6.99. The molecule has 28 heavy (non-hydrogen) atoms. The molecule has 0 aromatic heterocycles. The molecular formula is C24H25ClN2O. The Kier molecular flexibility index (Phi) is 6.50. The van der Waals surface area contributed by atoms with Crippen LogP contribution in [-0.2, 0) is 11.2 Å². The Hall–Kier alpha value is -2.62. The summed E-state index contributed by atoms with van der Waals surface area (Å²) in [5.74, 6) is -0.124. The molecular weight excluding hydrogens is 368 g/mol. The van der Waals surface area contributed by atoms with Crippen molar-refractivity contribution < 1.29 is 4.79 Å². The van der Waals surface area contributed by atoms with E-state index in [0.717, 1.165) is 22.4 Å². The minimum atomic E-state index is -0.714. The molecule has 3 nitrogen and oxygen atoms in total. The summed E-state index contributed by atoms with van der Waals surface area (Å²) in [6.07, 6.45) is 0.653. The predicted octanol–water partition coefficient (Wildman–Crippen LogP) is 5.23. The van der Waals surface area contributed by atoms with Crippen LogP contribution in [0, 0.1) is 13.8 Å². The molecule has 2 N–H and O–H groups in total. The Labute approximate surface area is 171 Å². The molecule has 0 saturated carbocycles. The number of aryl methyl sites for hydroxylation is 2.